The maximum Gasteiger partial charge on any atom is 0.336 e. The van der Waals surface area contributed by atoms with Gasteiger partial charge < -0.3 is 10.1 Å². The Bertz CT molecular complexity index is 647. The van der Waals surface area contributed by atoms with E-state index in [2.05, 4.69) is 5.32 Å². The van der Waals surface area contributed by atoms with Gasteiger partial charge in [0.25, 0.3) is 5.70 Å². The minimum atomic E-state index is -0.741. The molecule has 0 aromatic heterocycles. The van der Waals surface area contributed by atoms with Crippen molar-refractivity contribution in [2.45, 2.75) is 19.8 Å². The van der Waals surface area contributed by atoms with Crippen LogP contribution >= 0.6 is 0 Å². The van der Waals surface area contributed by atoms with Crippen molar-refractivity contribution in [2.24, 2.45) is 0 Å². The predicted octanol–water partition coefficient (Wildman–Crippen LogP) is 2.33. The molecule has 2 rings (SSSR count). The zero-order valence-corrected chi connectivity index (χ0v) is 12.0. The van der Waals surface area contributed by atoms with Crippen LogP contribution in [-0.2, 0) is 9.53 Å². The third-order valence-electron chi connectivity index (χ3n) is 3.46. The summed E-state index contributed by atoms with van der Waals surface area (Å²) in [7, 11) is 1.27. The average Bonchev–Trinajstić information content (AvgIpc) is 2.46. The summed E-state index contributed by atoms with van der Waals surface area (Å²) >= 11 is 0. The van der Waals surface area contributed by atoms with Gasteiger partial charge in [-0.3, -0.25) is 10.1 Å². The van der Waals surface area contributed by atoms with Gasteiger partial charge in [-0.25, -0.2) is 4.79 Å². The number of rotatable bonds is 3. The first-order valence-corrected chi connectivity index (χ1v) is 6.43. The van der Waals surface area contributed by atoms with E-state index in [0.717, 1.165) is 0 Å². The van der Waals surface area contributed by atoms with Gasteiger partial charge >= 0.3 is 5.97 Å². The summed E-state index contributed by atoms with van der Waals surface area (Å²) in [6, 6.07) is 8.93. The molecule has 1 aliphatic heterocycles. The van der Waals surface area contributed by atoms with Crippen molar-refractivity contribution < 1.29 is 14.5 Å². The summed E-state index contributed by atoms with van der Waals surface area (Å²) in [5.74, 6) is -1.31. The highest BCUT2D eigenvalue weighted by Crippen LogP contribution is 2.38. The van der Waals surface area contributed by atoms with Crippen LogP contribution in [-0.4, -0.2) is 18.0 Å². The number of hydrogen-bond acceptors (Lipinski definition) is 5. The van der Waals surface area contributed by atoms with Crippen LogP contribution in [0.3, 0.4) is 0 Å². The Kier molecular flexibility index (Phi) is 4.07. The lowest BCUT2D eigenvalue weighted by atomic mass is 9.84. The van der Waals surface area contributed by atoms with Crippen LogP contribution in [0.25, 0.3) is 0 Å². The summed E-state index contributed by atoms with van der Waals surface area (Å²) in [6.07, 6.45) is 0. The molecule has 1 aliphatic rings. The third kappa shape index (κ3) is 2.65. The zero-order valence-electron chi connectivity index (χ0n) is 12.0. The van der Waals surface area contributed by atoms with Crippen molar-refractivity contribution in [3.8, 4) is 0 Å². The first kappa shape index (κ1) is 14.8. The zero-order chi connectivity index (χ0) is 15.6. The molecule has 1 atom stereocenters. The second kappa shape index (κ2) is 5.78. The number of ether oxygens (including phenoxy) is 1. The molecule has 0 fully saturated rings. The number of hydrogen-bond donors (Lipinski definition) is 1. The number of carbonyl (C=O) groups excluding carboxylic acids is 1. The van der Waals surface area contributed by atoms with E-state index in [-0.39, 0.29) is 11.3 Å². The quantitative estimate of drug-likeness (QED) is 0.524. The smallest absolute Gasteiger partial charge is 0.336 e. The van der Waals surface area contributed by atoms with Gasteiger partial charge in [-0.15, -0.1) is 0 Å². The molecule has 0 aliphatic carbocycles. The van der Waals surface area contributed by atoms with Gasteiger partial charge in [0.2, 0.25) is 0 Å². The van der Waals surface area contributed by atoms with Crippen LogP contribution < -0.4 is 5.32 Å². The van der Waals surface area contributed by atoms with Gasteiger partial charge in [-0.1, -0.05) is 30.3 Å². The largest absolute Gasteiger partial charge is 0.466 e. The number of nitrogens with one attached hydrogen (secondary N) is 1. The number of benzene rings is 1. The lowest BCUT2D eigenvalue weighted by Gasteiger charge is -2.26. The number of carbonyl (C=O) groups is 1. The van der Waals surface area contributed by atoms with Crippen molar-refractivity contribution in [1.29, 1.82) is 0 Å². The number of nitro groups is 1. The Labute approximate surface area is 122 Å². The molecule has 0 unspecified atom stereocenters. The van der Waals surface area contributed by atoms with E-state index in [1.807, 2.05) is 6.07 Å². The van der Waals surface area contributed by atoms with Crippen LogP contribution in [0, 0.1) is 10.1 Å². The highest BCUT2D eigenvalue weighted by atomic mass is 16.6. The standard InChI is InChI=1S/C15H16N2O4/c1-9-12(15(18)21-3)13(11-7-5-4-6-8-11)14(17(19)20)10(2)16-9/h4-8,13,16H,1-3H3/t13-/m0/s1. The molecule has 1 heterocycles. The van der Waals surface area contributed by atoms with Gasteiger partial charge in [0.1, 0.15) is 5.92 Å². The van der Waals surface area contributed by atoms with Crippen LogP contribution in [0.2, 0.25) is 0 Å². The lowest BCUT2D eigenvalue weighted by Crippen LogP contribution is -2.31. The first-order chi connectivity index (χ1) is 9.97. The number of dihydropyridines is 1. The summed E-state index contributed by atoms with van der Waals surface area (Å²) in [4.78, 5) is 23.1. The van der Waals surface area contributed by atoms with Gasteiger partial charge in [-0.2, -0.15) is 0 Å². The summed E-state index contributed by atoms with van der Waals surface area (Å²) in [5, 5.41) is 14.3. The van der Waals surface area contributed by atoms with Crippen molar-refractivity contribution >= 4 is 5.97 Å². The monoisotopic (exact) mass is 288 g/mol. The third-order valence-corrected chi connectivity index (χ3v) is 3.46. The van der Waals surface area contributed by atoms with Crippen LogP contribution in [0.4, 0.5) is 0 Å². The highest BCUT2D eigenvalue weighted by Gasteiger charge is 2.40. The Balaban J connectivity index is 2.66. The SMILES string of the molecule is COC(=O)C1=C(C)NC(C)=C([N+](=O)[O-])[C@H]1c1ccccc1. The molecule has 0 amide bonds. The van der Waals surface area contributed by atoms with Crippen molar-refractivity contribution in [3.63, 3.8) is 0 Å². The highest BCUT2D eigenvalue weighted by molar-refractivity contribution is 5.92. The molecule has 6 heteroatoms. The fourth-order valence-electron chi connectivity index (χ4n) is 2.58. The molecule has 21 heavy (non-hydrogen) atoms. The summed E-state index contributed by atoms with van der Waals surface area (Å²) < 4.78 is 4.79. The van der Waals surface area contributed by atoms with Gasteiger partial charge in [0.15, 0.2) is 0 Å². The Morgan fingerprint density at radius 3 is 2.38 bits per heavy atom. The van der Waals surface area contributed by atoms with Crippen molar-refractivity contribution in [3.05, 3.63) is 68.7 Å². The van der Waals surface area contributed by atoms with Crippen molar-refractivity contribution in [1.82, 2.24) is 5.32 Å². The number of methoxy groups -OCH3 is 1. The fraction of sp³-hybridized carbons (Fsp3) is 0.267. The second-order valence-electron chi connectivity index (χ2n) is 4.77. The molecule has 0 radical (unpaired) electrons. The maximum absolute atomic E-state index is 12.1. The molecule has 0 spiro atoms. The molecule has 0 saturated heterocycles. The normalized spacial score (nSPS) is 18.3. The molecule has 1 aromatic rings. The summed E-state index contributed by atoms with van der Waals surface area (Å²) in [5.41, 5.74) is 1.91. The van der Waals surface area contributed by atoms with E-state index < -0.39 is 16.8 Å². The van der Waals surface area contributed by atoms with Crippen molar-refractivity contribution in [2.75, 3.05) is 7.11 Å². The second-order valence-corrected chi connectivity index (χ2v) is 4.77. The predicted molar refractivity (Wildman–Crippen MR) is 76.7 cm³/mol. The number of nitrogens with zero attached hydrogens (tertiary/aromatic N) is 1. The first-order valence-electron chi connectivity index (χ1n) is 6.43. The van der Waals surface area contributed by atoms with Gasteiger partial charge in [-0.05, 0) is 19.4 Å². The summed E-state index contributed by atoms with van der Waals surface area (Å²) in [6.45, 7) is 3.34. The number of esters is 1. The number of allylic oxidation sites excluding steroid dienone is 3. The molecule has 1 aromatic carbocycles. The minimum absolute atomic E-state index is 0.0350. The van der Waals surface area contributed by atoms with E-state index in [4.69, 9.17) is 4.74 Å². The Morgan fingerprint density at radius 2 is 1.86 bits per heavy atom. The molecule has 6 nitrogen and oxygen atoms in total. The fourth-order valence-corrected chi connectivity index (χ4v) is 2.58. The molecular formula is C15H16N2O4. The topological polar surface area (TPSA) is 81.5 Å². The molecule has 0 bridgehead atoms. The van der Waals surface area contributed by atoms with Crippen LogP contribution in [0.15, 0.2) is 53.0 Å². The maximum atomic E-state index is 12.1. The molecule has 1 N–H and O–H groups in total. The molecule has 110 valence electrons. The van der Waals surface area contributed by atoms with E-state index in [9.17, 15) is 14.9 Å². The Morgan fingerprint density at radius 1 is 1.24 bits per heavy atom. The van der Waals surface area contributed by atoms with Crippen LogP contribution in [0.1, 0.15) is 25.3 Å². The van der Waals surface area contributed by atoms with E-state index in [0.29, 0.717) is 17.0 Å². The molecule has 0 saturated carbocycles. The van der Waals surface area contributed by atoms with E-state index in [1.165, 1.54) is 7.11 Å². The van der Waals surface area contributed by atoms with E-state index in [1.54, 1.807) is 38.1 Å². The Hall–Kier alpha value is -2.63. The molecular weight excluding hydrogens is 272 g/mol. The van der Waals surface area contributed by atoms with Gasteiger partial charge in [0, 0.05) is 5.70 Å². The van der Waals surface area contributed by atoms with Gasteiger partial charge in [0.05, 0.1) is 23.3 Å². The van der Waals surface area contributed by atoms with E-state index >= 15 is 0 Å². The lowest BCUT2D eigenvalue weighted by molar-refractivity contribution is -0.431. The minimum Gasteiger partial charge on any atom is -0.466 e. The van der Waals surface area contributed by atoms with Crippen LogP contribution in [0.5, 0.6) is 0 Å². The average molecular weight is 288 g/mol.